The van der Waals surface area contributed by atoms with Crippen LogP contribution in [-0.2, 0) is 4.79 Å². The van der Waals surface area contributed by atoms with Gasteiger partial charge in [-0.2, -0.15) is 0 Å². The van der Waals surface area contributed by atoms with E-state index in [4.69, 9.17) is 13.6 Å². The van der Waals surface area contributed by atoms with Crippen LogP contribution in [0, 0.1) is 5.92 Å². The first-order valence-electron chi connectivity index (χ1n) is 8.54. The molecule has 0 spiro atoms. The molecule has 1 aliphatic carbocycles. The van der Waals surface area contributed by atoms with Gasteiger partial charge in [-0.25, -0.2) is 0 Å². The summed E-state index contributed by atoms with van der Waals surface area (Å²) in [6.07, 6.45) is 9.98. The van der Waals surface area contributed by atoms with E-state index in [0.29, 0.717) is 12.7 Å². The SMILES string of the molecule is [B]CCCCC(N)(C(=O)O)C1CCN(C2CCCC2)CC1. The lowest BCUT2D eigenvalue weighted by molar-refractivity contribution is -0.147. The molecular formula is C16H29BN2O2. The Kier molecular flexibility index (Phi) is 6.12. The van der Waals surface area contributed by atoms with Crippen molar-refractivity contribution in [2.45, 2.75) is 75.7 Å². The van der Waals surface area contributed by atoms with Crippen molar-refractivity contribution in [3.8, 4) is 0 Å². The Bertz CT molecular complexity index is 339. The molecule has 1 saturated carbocycles. The largest absolute Gasteiger partial charge is 0.480 e. The first-order valence-corrected chi connectivity index (χ1v) is 8.54. The molecule has 0 bridgehead atoms. The quantitative estimate of drug-likeness (QED) is 0.557. The lowest BCUT2D eigenvalue weighted by Gasteiger charge is -2.42. The van der Waals surface area contributed by atoms with Gasteiger partial charge >= 0.3 is 5.97 Å². The molecule has 1 heterocycles. The Labute approximate surface area is 129 Å². The van der Waals surface area contributed by atoms with Gasteiger partial charge in [0.15, 0.2) is 0 Å². The number of rotatable bonds is 7. The molecule has 4 nitrogen and oxygen atoms in total. The lowest BCUT2D eigenvalue weighted by atomic mass is 9.75. The van der Waals surface area contributed by atoms with Crippen molar-refractivity contribution in [2.75, 3.05) is 13.1 Å². The summed E-state index contributed by atoms with van der Waals surface area (Å²) < 4.78 is 0. The molecule has 1 unspecified atom stereocenters. The molecule has 1 aliphatic heterocycles. The number of carboxylic acids is 1. The second kappa shape index (κ2) is 7.64. The van der Waals surface area contributed by atoms with E-state index in [1.807, 2.05) is 0 Å². The number of carbonyl (C=O) groups is 1. The van der Waals surface area contributed by atoms with Gasteiger partial charge in [-0.05, 0) is 51.1 Å². The fourth-order valence-electron chi connectivity index (χ4n) is 4.10. The zero-order valence-electron chi connectivity index (χ0n) is 13.1. The predicted octanol–water partition coefficient (Wildman–Crippen LogP) is 2.18. The monoisotopic (exact) mass is 292 g/mol. The third-order valence-corrected chi connectivity index (χ3v) is 5.54. The fraction of sp³-hybridized carbons (Fsp3) is 0.938. The van der Waals surface area contributed by atoms with Gasteiger partial charge in [0.05, 0.1) is 7.85 Å². The molecule has 0 aromatic heterocycles. The summed E-state index contributed by atoms with van der Waals surface area (Å²) in [6.45, 7) is 2.02. The highest BCUT2D eigenvalue weighted by atomic mass is 16.4. The fourth-order valence-corrected chi connectivity index (χ4v) is 4.10. The number of hydrogen-bond donors (Lipinski definition) is 2. The second-order valence-corrected chi connectivity index (χ2v) is 6.84. The molecule has 2 fully saturated rings. The van der Waals surface area contributed by atoms with E-state index in [0.717, 1.165) is 44.8 Å². The number of hydrogen-bond acceptors (Lipinski definition) is 3. The first kappa shape index (κ1) is 16.8. The van der Waals surface area contributed by atoms with E-state index < -0.39 is 11.5 Å². The van der Waals surface area contributed by atoms with Gasteiger partial charge in [0.25, 0.3) is 0 Å². The summed E-state index contributed by atoms with van der Waals surface area (Å²) in [5, 5.41) is 9.59. The van der Waals surface area contributed by atoms with E-state index in [1.54, 1.807) is 0 Å². The van der Waals surface area contributed by atoms with Gasteiger partial charge in [0.2, 0.25) is 0 Å². The molecule has 21 heavy (non-hydrogen) atoms. The molecule has 3 N–H and O–H groups in total. The third kappa shape index (κ3) is 4.01. The average Bonchev–Trinajstić information content (AvgIpc) is 3.01. The highest BCUT2D eigenvalue weighted by Gasteiger charge is 2.43. The molecule has 2 aliphatic rings. The number of aliphatic carboxylic acids is 1. The predicted molar refractivity (Wildman–Crippen MR) is 85.5 cm³/mol. The van der Waals surface area contributed by atoms with Crippen molar-refractivity contribution in [3.63, 3.8) is 0 Å². The van der Waals surface area contributed by atoms with Crippen molar-refractivity contribution in [1.29, 1.82) is 0 Å². The molecule has 0 aromatic carbocycles. The van der Waals surface area contributed by atoms with Crippen LogP contribution in [0.2, 0.25) is 6.32 Å². The lowest BCUT2D eigenvalue weighted by Crippen LogP contribution is -2.57. The first-order chi connectivity index (χ1) is 10.1. The van der Waals surface area contributed by atoms with Crippen LogP contribution in [0.15, 0.2) is 0 Å². The molecule has 0 amide bonds. The topological polar surface area (TPSA) is 66.6 Å². The summed E-state index contributed by atoms with van der Waals surface area (Å²) in [5.41, 5.74) is 5.24. The average molecular weight is 292 g/mol. The van der Waals surface area contributed by atoms with Crippen molar-refractivity contribution >= 4 is 13.8 Å². The number of nitrogens with zero attached hydrogens (tertiary/aromatic N) is 1. The maximum absolute atomic E-state index is 11.7. The number of piperidine rings is 1. The molecule has 2 radical (unpaired) electrons. The van der Waals surface area contributed by atoms with Gasteiger partial charge in [0, 0.05) is 6.04 Å². The van der Waals surface area contributed by atoms with Gasteiger partial charge in [-0.3, -0.25) is 4.79 Å². The van der Waals surface area contributed by atoms with Crippen molar-refractivity contribution in [3.05, 3.63) is 0 Å². The standard InChI is InChI=1S/C16H29BN2O2/c17-10-4-3-9-16(18,15(20)21)13-7-11-19(12-8-13)14-5-1-2-6-14/h13-14H,1-12,18H2,(H,20,21). The summed E-state index contributed by atoms with van der Waals surface area (Å²) >= 11 is 0. The minimum absolute atomic E-state index is 0.102. The number of likely N-dealkylation sites (tertiary alicyclic amines) is 1. The molecular weight excluding hydrogens is 263 g/mol. The molecule has 1 saturated heterocycles. The Morgan fingerprint density at radius 1 is 1.19 bits per heavy atom. The van der Waals surface area contributed by atoms with Gasteiger partial charge in [-0.15, -0.1) is 0 Å². The second-order valence-electron chi connectivity index (χ2n) is 6.84. The highest BCUT2D eigenvalue weighted by Crippen LogP contribution is 2.34. The Hall–Kier alpha value is -0.545. The minimum atomic E-state index is -1.06. The maximum Gasteiger partial charge on any atom is 0.323 e. The van der Waals surface area contributed by atoms with E-state index in [2.05, 4.69) is 4.90 Å². The summed E-state index contributed by atoms with van der Waals surface area (Å²) in [4.78, 5) is 14.2. The normalized spacial score (nSPS) is 25.0. The van der Waals surface area contributed by atoms with E-state index >= 15 is 0 Å². The zero-order chi connectivity index (χ0) is 15.3. The van der Waals surface area contributed by atoms with E-state index in [9.17, 15) is 9.90 Å². The number of unbranched alkanes of at least 4 members (excludes halogenated alkanes) is 1. The Morgan fingerprint density at radius 3 is 2.33 bits per heavy atom. The van der Waals surface area contributed by atoms with Crippen molar-refractivity contribution < 1.29 is 9.90 Å². The molecule has 2 rings (SSSR count). The molecule has 118 valence electrons. The molecule has 1 atom stereocenters. The van der Waals surface area contributed by atoms with E-state index in [-0.39, 0.29) is 5.92 Å². The highest BCUT2D eigenvalue weighted by molar-refractivity contribution is 6.08. The van der Waals surface area contributed by atoms with Gasteiger partial charge in [0.1, 0.15) is 5.54 Å². The summed E-state index contributed by atoms with van der Waals surface area (Å²) in [7, 11) is 5.51. The van der Waals surface area contributed by atoms with Crippen LogP contribution in [0.5, 0.6) is 0 Å². The van der Waals surface area contributed by atoms with Gasteiger partial charge < -0.3 is 15.7 Å². The van der Waals surface area contributed by atoms with Crippen LogP contribution < -0.4 is 5.73 Å². The third-order valence-electron chi connectivity index (χ3n) is 5.54. The maximum atomic E-state index is 11.7. The summed E-state index contributed by atoms with van der Waals surface area (Å²) in [6, 6.07) is 0.736. The zero-order valence-corrected chi connectivity index (χ0v) is 13.1. The van der Waals surface area contributed by atoms with Crippen molar-refractivity contribution in [1.82, 2.24) is 4.90 Å². The van der Waals surface area contributed by atoms with Crippen LogP contribution in [0.1, 0.15) is 57.8 Å². The molecule has 0 aromatic rings. The van der Waals surface area contributed by atoms with Crippen LogP contribution in [0.25, 0.3) is 0 Å². The number of carboxylic acid groups (broad SMARTS) is 1. The minimum Gasteiger partial charge on any atom is -0.480 e. The molecule has 5 heteroatoms. The van der Waals surface area contributed by atoms with Crippen LogP contribution in [0.3, 0.4) is 0 Å². The Balaban J connectivity index is 1.88. The Morgan fingerprint density at radius 2 is 1.81 bits per heavy atom. The van der Waals surface area contributed by atoms with E-state index in [1.165, 1.54) is 25.7 Å². The summed E-state index contributed by atoms with van der Waals surface area (Å²) in [5.74, 6) is -0.732. The van der Waals surface area contributed by atoms with Gasteiger partial charge in [-0.1, -0.05) is 32.0 Å². The van der Waals surface area contributed by atoms with Crippen LogP contribution in [0.4, 0.5) is 0 Å². The van der Waals surface area contributed by atoms with Crippen LogP contribution >= 0.6 is 0 Å². The number of nitrogens with two attached hydrogens (primary N) is 1. The van der Waals surface area contributed by atoms with Crippen molar-refractivity contribution in [2.24, 2.45) is 11.7 Å². The van der Waals surface area contributed by atoms with Crippen LogP contribution in [-0.4, -0.2) is 48.5 Å². The smallest absolute Gasteiger partial charge is 0.323 e.